The van der Waals surface area contributed by atoms with Crippen LogP contribution in [0.15, 0.2) is 24.3 Å². The van der Waals surface area contributed by atoms with Crippen LogP contribution in [0, 0.1) is 32.6 Å². The van der Waals surface area contributed by atoms with Gasteiger partial charge in [0.25, 0.3) is 5.91 Å². The van der Waals surface area contributed by atoms with Gasteiger partial charge in [0, 0.05) is 5.69 Å². The summed E-state index contributed by atoms with van der Waals surface area (Å²) in [5.74, 6) is -2.74. The zero-order valence-corrected chi connectivity index (χ0v) is 17.2. The maximum Gasteiger partial charge on any atom is 0.329 e. The fourth-order valence-corrected chi connectivity index (χ4v) is 4.12. The van der Waals surface area contributed by atoms with Crippen LogP contribution in [0.5, 0.6) is 0 Å². The average Bonchev–Trinajstić information content (AvgIpc) is 2.93. The molecule has 1 fully saturated rings. The molecule has 0 spiro atoms. The van der Waals surface area contributed by atoms with Crippen LogP contribution in [0.25, 0.3) is 0 Å². The lowest BCUT2D eigenvalue weighted by Gasteiger charge is -2.21. The Labute approximate surface area is 170 Å². The molecule has 0 radical (unpaired) electrons. The van der Waals surface area contributed by atoms with Crippen molar-refractivity contribution < 1.29 is 23.9 Å². The second kappa shape index (κ2) is 8.19. The number of fused-ring (bicyclic) bond motifs is 1. The largest absolute Gasteiger partial charge is 0.454 e. The minimum absolute atomic E-state index is 0.343. The highest BCUT2D eigenvalue weighted by Crippen LogP contribution is 2.36. The molecule has 1 N–H and O–H groups in total. The minimum atomic E-state index is -1.06. The van der Waals surface area contributed by atoms with Crippen molar-refractivity contribution in [3.05, 3.63) is 41.0 Å². The summed E-state index contributed by atoms with van der Waals surface area (Å²) >= 11 is 0. The number of carbonyl (C=O) groups is 4. The molecule has 0 bridgehead atoms. The standard InChI is InChI=1S/C22H26N2O5/c1-12-9-13(2)19(14(3)10-12)23-18(25)11-29-22(28)15(4)24-20(26)16-7-5-6-8-17(16)21(24)27/h5-6,9-10,15-17H,7-8,11H2,1-4H3,(H,23,25)/t15-,16-,17+/m0/s1. The van der Waals surface area contributed by atoms with Gasteiger partial charge in [-0.2, -0.15) is 0 Å². The number of nitrogens with zero attached hydrogens (tertiary/aromatic N) is 1. The van der Waals surface area contributed by atoms with Crippen molar-refractivity contribution in [2.45, 2.75) is 46.6 Å². The highest BCUT2D eigenvalue weighted by molar-refractivity contribution is 6.08. The first kappa shape index (κ1) is 20.8. The highest BCUT2D eigenvalue weighted by Gasteiger charge is 2.50. The third-order valence-corrected chi connectivity index (χ3v) is 5.56. The lowest BCUT2D eigenvalue weighted by molar-refractivity contribution is -0.159. The van der Waals surface area contributed by atoms with Gasteiger partial charge in [-0.05, 0) is 51.7 Å². The summed E-state index contributed by atoms with van der Waals surface area (Å²) < 4.78 is 5.09. The lowest BCUT2D eigenvalue weighted by Crippen LogP contribution is -2.45. The summed E-state index contributed by atoms with van der Waals surface area (Å²) in [6, 6.07) is 2.85. The quantitative estimate of drug-likeness (QED) is 0.467. The van der Waals surface area contributed by atoms with Crippen LogP contribution in [-0.2, 0) is 23.9 Å². The third-order valence-electron chi connectivity index (χ3n) is 5.56. The van der Waals surface area contributed by atoms with Gasteiger partial charge in [0.15, 0.2) is 6.61 Å². The Hall–Kier alpha value is -2.96. The number of likely N-dealkylation sites (tertiary alicyclic amines) is 1. The normalized spacial score (nSPS) is 21.7. The Morgan fingerprint density at radius 2 is 1.59 bits per heavy atom. The second-order valence-corrected chi connectivity index (χ2v) is 7.81. The van der Waals surface area contributed by atoms with Gasteiger partial charge in [-0.15, -0.1) is 0 Å². The lowest BCUT2D eigenvalue weighted by atomic mass is 9.85. The van der Waals surface area contributed by atoms with E-state index in [4.69, 9.17) is 4.74 Å². The van der Waals surface area contributed by atoms with Gasteiger partial charge in [-0.3, -0.25) is 19.3 Å². The summed E-state index contributed by atoms with van der Waals surface area (Å²) in [4.78, 5) is 50.8. The zero-order valence-electron chi connectivity index (χ0n) is 17.2. The van der Waals surface area contributed by atoms with Crippen LogP contribution in [0.3, 0.4) is 0 Å². The van der Waals surface area contributed by atoms with E-state index in [0.717, 1.165) is 21.6 Å². The number of hydrogen-bond acceptors (Lipinski definition) is 5. The summed E-state index contributed by atoms with van der Waals surface area (Å²) in [6.07, 6.45) is 4.78. The van der Waals surface area contributed by atoms with E-state index in [9.17, 15) is 19.2 Å². The van der Waals surface area contributed by atoms with Crippen molar-refractivity contribution in [3.63, 3.8) is 0 Å². The third kappa shape index (κ3) is 4.09. The highest BCUT2D eigenvalue weighted by atomic mass is 16.5. The van der Waals surface area contributed by atoms with Crippen molar-refractivity contribution in [1.29, 1.82) is 0 Å². The molecule has 0 saturated carbocycles. The molecular formula is C22H26N2O5. The average molecular weight is 398 g/mol. The molecule has 29 heavy (non-hydrogen) atoms. The number of ether oxygens (including phenoxy) is 1. The first-order chi connectivity index (χ1) is 13.7. The van der Waals surface area contributed by atoms with Gasteiger partial charge in [0.2, 0.25) is 11.8 Å². The Bertz CT molecular complexity index is 855. The molecule has 3 amide bonds. The molecular weight excluding hydrogens is 372 g/mol. The number of aryl methyl sites for hydroxylation is 3. The Morgan fingerprint density at radius 3 is 2.10 bits per heavy atom. The molecule has 7 nitrogen and oxygen atoms in total. The molecule has 1 aliphatic heterocycles. The molecule has 0 unspecified atom stereocenters. The second-order valence-electron chi connectivity index (χ2n) is 7.81. The van der Waals surface area contributed by atoms with Gasteiger partial charge in [0.05, 0.1) is 11.8 Å². The fraction of sp³-hybridized carbons (Fsp3) is 0.455. The maximum absolute atomic E-state index is 12.6. The van der Waals surface area contributed by atoms with Crippen molar-refractivity contribution in [2.75, 3.05) is 11.9 Å². The molecule has 1 saturated heterocycles. The molecule has 3 atom stereocenters. The smallest absolute Gasteiger partial charge is 0.329 e. The van der Waals surface area contributed by atoms with E-state index < -0.39 is 36.4 Å². The Balaban J connectivity index is 1.59. The molecule has 2 aliphatic rings. The molecule has 1 aliphatic carbocycles. The van der Waals surface area contributed by atoms with E-state index in [1.807, 2.05) is 45.1 Å². The number of amides is 3. The number of hydrogen-bond donors (Lipinski definition) is 1. The molecule has 1 heterocycles. The van der Waals surface area contributed by atoms with E-state index in [1.165, 1.54) is 6.92 Å². The van der Waals surface area contributed by atoms with Crippen molar-refractivity contribution in [2.24, 2.45) is 11.8 Å². The number of allylic oxidation sites excluding steroid dienone is 2. The zero-order chi connectivity index (χ0) is 21.3. The number of rotatable bonds is 5. The van der Waals surface area contributed by atoms with Crippen molar-refractivity contribution in [3.8, 4) is 0 Å². The topological polar surface area (TPSA) is 92.8 Å². The molecule has 1 aromatic rings. The molecule has 0 aromatic heterocycles. The predicted molar refractivity (Wildman–Crippen MR) is 107 cm³/mol. The maximum atomic E-state index is 12.6. The van der Waals surface area contributed by atoms with E-state index in [-0.39, 0.29) is 11.8 Å². The van der Waals surface area contributed by atoms with Gasteiger partial charge in [-0.25, -0.2) is 4.79 Å². The first-order valence-corrected chi connectivity index (χ1v) is 9.77. The van der Waals surface area contributed by atoms with Gasteiger partial charge in [0.1, 0.15) is 6.04 Å². The van der Waals surface area contributed by atoms with Crippen molar-refractivity contribution in [1.82, 2.24) is 4.90 Å². The van der Waals surface area contributed by atoms with Crippen LogP contribution in [0.1, 0.15) is 36.5 Å². The number of esters is 1. The summed E-state index contributed by atoms with van der Waals surface area (Å²) in [5, 5.41) is 2.76. The van der Waals surface area contributed by atoms with Crippen LogP contribution < -0.4 is 5.32 Å². The number of carbonyl (C=O) groups excluding carboxylic acids is 4. The number of benzene rings is 1. The van der Waals surface area contributed by atoms with Gasteiger partial charge < -0.3 is 10.1 Å². The van der Waals surface area contributed by atoms with E-state index in [1.54, 1.807) is 0 Å². The molecule has 154 valence electrons. The minimum Gasteiger partial charge on any atom is -0.454 e. The predicted octanol–water partition coefficient (Wildman–Crippen LogP) is 2.43. The van der Waals surface area contributed by atoms with Crippen LogP contribution in [0.2, 0.25) is 0 Å². The fourth-order valence-electron chi connectivity index (χ4n) is 4.12. The van der Waals surface area contributed by atoms with E-state index in [0.29, 0.717) is 18.5 Å². The molecule has 1 aromatic carbocycles. The summed E-state index contributed by atoms with van der Waals surface area (Å²) in [6.45, 7) is 6.72. The number of nitrogens with one attached hydrogen (secondary N) is 1. The van der Waals surface area contributed by atoms with Gasteiger partial charge >= 0.3 is 5.97 Å². The molecule has 7 heteroatoms. The SMILES string of the molecule is Cc1cc(C)c(NC(=O)COC(=O)[C@H](C)N2C(=O)[C@H]3CC=CC[C@H]3C2=O)c(C)c1. The van der Waals surface area contributed by atoms with Gasteiger partial charge in [-0.1, -0.05) is 29.8 Å². The monoisotopic (exact) mass is 398 g/mol. The van der Waals surface area contributed by atoms with E-state index in [2.05, 4.69) is 5.32 Å². The Morgan fingerprint density at radius 1 is 1.07 bits per heavy atom. The summed E-state index contributed by atoms with van der Waals surface area (Å²) in [7, 11) is 0. The summed E-state index contributed by atoms with van der Waals surface area (Å²) in [5.41, 5.74) is 3.61. The Kier molecular flexibility index (Phi) is 5.86. The number of imide groups is 1. The first-order valence-electron chi connectivity index (χ1n) is 9.77. The van der Waals surface area contributed by atoms with Crippen LogP contribution >= 0.6 is 0 Å². The van der Waals surface area contributed by atoms with Crippen LogP contribution in [-0.4, -0.2) is 41.2 Å². The molecule has 3 rings (SSSR count). The van der Waals surface area contributed by atoms with E-state index >= 15 is 0 Å². The van der Waals surface area contributed by atoms with Crippen LogP contribution in [0.4, 0.5) is 5.69 Å². The number of anilines is 1. The van der Waals surface area contributed by atoms with Crippen molar-refractivity contribution >= 4 is 29.4 Å².